The first-order chi connectivity index (χ1) is 12.0. The maximum atomic E-state index is 12.5. The molecule has 1 aliphatic rings. The average molecular weight is 346 g/mol. The molecule has 0 amide bonds. The minimum absolute atomic E-state index is 0.129. The highest BCUT2D eigenvalue weighted by Crippen LogP contribution is 2.35. The zero-order valence-electron chi connectivity index (χ0n) is 15.6. The first-order valence-electron chi connectivity index (χ1n) is 8.75. The molecule has 0 bridgehead atoms. The third-order valence-corrected chi connectivity index (χ3v) is 5.00. The number of carbonyl (C=O) groups is 1. The van der Waals surface area contributed by atoms with Gasteiger partial charge in [0.1, 0.15) is 5.56 Å². The van der Waals surface area contributed by atoms with E-state index in [4.69, 9.17) is 9.47 Å². The van der Waals surface area contributed by atoms with Gasteiger partial charge in [0.05, 0.1) is 29.5 Å². The summed E-state index contributed by atoms with van der Waals surface area (Å²) in [7, 11) is 3.61. The van der Waals surface area contributed by atoms with Crippen molar-refractivity contribution in [3.05, 3.63) is 17.5 Å². The van der Waals surface area contributed by atoms with Gasteiger partial charge in [0, 0.05) is 33.4 Å². The number of pyridine rings is 1. The first-order valence-corrected chi connectivity index (χ1v) is 8.75. The van der Waals surface area contributed by atoms with Crippen molar-refractivity contribution in [1.82, 2.24) is 14.8 Å². The molecule has 1 fully saturated rings. The van der Waals surface area contributed by atoms with Gasteiger partial charge in [-0.1, -0.05) is 6.92 Å². The third-order valence-electron chi connectivity index (χ3n) is 5.00. The number of rotatable bonds is 4. The second-order valence-corrected chi connectivity index (χ2v) is 6.63. The van der Waals surface area contributed by atoms with Crippen LogP contribution < -0.4 is 4.90 Å². The van der Waals surface area contributed by atoms with E-state index in [0.717, 1.165) is 41.9 Å². The lowest BCUT2D eigenvalue weighted by atomic mass is 9.94. The van der Waals surface area contributed by atoms with E-state index in [-0.39, 0.29) is 12.1 Å². The molecule has 7 nitrogen and oxygen atoms in total. The zero-order valence-corrected chi connectivity index (χ0v) is 15.6. The SMILES string of the molecule is CCOC(=O)c1cnc2c(c(C)nn2C)c1N1CCC(C)C(OC)C1. The van der Waals surface area contributed by atoms with Crippen LogP contribution in [0.15, 0.2) is 6.20 Å². The fourth-order valence-electron chi connectivity index (χ4n) is 3.62. The van der Waals surface area contributed by atoms with Gasteiger partial charge in [0.2, 0.25) is 0 Å². The van der Waals surface area contributed by atoms with Crippen molar-refractivity contribution in [2.45, 2.75) is 33.3 Å². The molecule has 25 heavy (non-hydrogen) atoms. The van der Waals surface area contributed by atoms with Crippen LogP contribution in [0.1, 0.15) is 36.3 Å². The van der Waals surface area contributed by atoms with E-state index in [1.807, 2.05) is 20.9 Å². The number of methoxy groups -OCH3 is 1. The number of esters is 1. The third kappa shape index (κ3) is 3.08. The van der Waals surface area contributed by atoms with Gasteiger partial charge < -0.3 is 14.4 Å². The van der Waals surface area contributed by atoms with Crippen LogP contribution in [0.4, 0.5) is 5.69 Å². The molecule has 2 atom stereocenters. The van der Waals surface area contributed by atoms with E-state index in [0.29, 0.717) is 18.1 Å². The number of nitrogens with zero attached hydrogens (tertiary/aromatic N) is 4. The zero-order chi connectivity index (χ0) is 18.1. The van der Waals surface area contributed by atoms with E-state index in [2.05, 4.69) is 21.9 Å². The largest absolute Gasteiger partial charge is 0.462 e. The van der Waals surface area contributed by atoms with E-state index in [9.17, 15) is 4.79 Å². The number of carbonyl (C=O) groups excluding carboxylic acids is 1. The van der Waals surface area contributed by atoms with Gasteiger partial charge in [-0.25, -0.2) is 9.78 Å². The highest BCUT2D eigenvalue weighted by Gasteiger charge is 2.31. The van der Waals surface area contributed by atoms with Crippen molar-refractivity contribution in [2.75, 3.05) is 31.7 Å². The second kappa shape index (κ2) is 7.00. The Balaban J connectivity index is 2.16. The average Bonchev–Trinajstić information content (AvgIpc) is 2.89. The Morgan fingerprint density at radius 2 is 2.20 bits per heavy atom. The molecule has 0 aliphatic carbocycles. The fraction of sp³-hybridized carbons (Fsp3) is 0.611. The van der Waals surface area contributed by atoms with Crippen LogP contribution in [0.2, 0.25) is 0 Å². The maximum absolute atomic E-state index is 12.5. The van der Waals surface area contributed by atoms with Crippen LogP contribution in [-0.4, -0.2) is 53.6 Å². The number of hydrogen-bond acceptors (Lipinski definition) is 6. The number of piperidine rings is 1. The summed E-state index contributed by atoms with van der Waals surface area (Å²) in [5, 5.41) is 5.40. The minimum Gasteiger partial charge on any atom is -0.462 e. The quantitative estimate of drug-likeness (QED) is 0.792. The second-order valence-electron chi connectivity index (χ2n) is 6.63. The van der Waals surface area contributed by atoms with Gasteiger partial charge in [-0.05, 0) is 26.2 Å². The Morgan fingerprint density at radius 3 is 2.88 bits per heavy atom. The summed E-state index contributed by atoms with van der Waals surface area (Å²) in [6, 6.07) is 0. The number of aryl methyl sites for hydroxylation is 2. The van der Waals surface area contributed by atoms with Gasteiger partial charge in [0.25, 0.3) is 0 Å². The molecule has 7 heteroatoms. The fourth-order valence-corrected chi connectivity index (χ4v) is 3.62. The lowest BCUT2D eigenvalue weighted by molar-refractivity contribution is 0.0487. The molecule has 2 aromatic heterocycles. The first kappa shape index (κ1) is 17.7. The molecule has 1 saturated heterocycles. The molecule has 0 radical (unpaired) electrons. The molecule has 136 valence electrons. The van der Waals surface area contributed by atoms with Gasteiger partial charge >= 0.3 is 5.97 Å². The van der Waals surface area contributed by atoms with Gasteiger partial charge in [-0.2, -0.15) is 5.10 Å². The standard InChI is InChI=1S/C18H26N4O3/c1-6-25-18(23)13-9-19-17-15(12(3)20-21(17)4)16(13)22-8-7-11(2)14(10-22)24-5/h9,11,14H,6-8,10H2,1-5H3. The molecule has 2 unspecified atom stereocenters. The molecule has 1 aliphatic heterocycles. The summed E-state index contributed by atoms with van der Waals surface area (Å²) >= 11 is 0. The molecule has 0 N–H and O–H groups in total. The lowest BCUT2D eigenvalue weighted by Gasteiger charge is -2.38. The van der Waals surface area contributed by atoms with Crippen molar-refractivity contribution in [1.29, 1.82) is 0 Å². The summed E-state index contributed by atoms with van der Waals surface area (Å²) in [6.45, 7) is 7.89. The lowest BCUT2D eigenvalue weighted by Crippen LogP contribution is -2.44. The number of aromatic nitrogens is 3. The molecule has 3 rings (SSSR count). The monoisotopic (exact) mass is 346 g/mol. The predicted octanol–water partition coefficient (Wildman–Crippen LogP) is 2.31. The van der Waals surface area contributed by atoms with Crippen molar-refractivity contribution in [2.24, 2.45) is 13.0 Å². The Labute approximate surface area is 147 Å². The van der Waals surface area contributed by atoms with E-state index in [1.165, 1.54) is 0 Å². The Morgan fingerprint density at radius 1 is 1.44 bits per heavy atom. The molecule has 0 aromatic carbocycles. The normalized spacial score (nSPS) is 20.9. The summed E-state index contributed by atoms with van der Waals surface area (Å²) < 4.78 is 12.7. The Hall–Kier alpha value is -2.15. The van der Waals surface area contributed by atoms with Gasteiger partial charge in [-0.15, -0.1) is 0 Å². The van der Waals surface area contributed by atoms with Crippen molar-refractivity contribution < 1.29 is 14.3 Å². The van der Waals surface area contributed by atoms with Crippen molar-refractivity contribution in [3.8, 4) is 0 Å². The van der Waals surface area contributed by atoms with Crippen molar-refractivity contribution in [3.63, 3.8) is 0 Å². The summed E-state index contributed by atoms with van der Waals surface area (Å²) in [4.78, 5) is 19.2. The van der Waals surface area contributed by atoms with Crippen LogP contribution >= 0.6 is 0 Å². The number of fused-ring (bicyclic) bond motifs is 1. The summed E-state index contributed by atoms with van der Waals surface area (Å²) in [6.07, 6.45) is 2.74. The van der Waals surface area contributed by atoms with Gasteiger partial charge in [-0.3, -0.25) is 4.68 Å². The number of anilines is 1. The molecule has 2 aromatic rings. The number of hydrogen-bond donors (Lipinski definition) is 0. The van der Waals surface area contributed by atoms with E-state index in [1.54, 1.807) is 18.0 Å². The Bertz CT molecular complexity index is 786. The van der Waals surface area contributed by atoms with Crippen LogP contribution in [-0.2, 0) is 16.5 Å². The van der Waals surface area contributed by atoms with Gasteiger partial charge in [0.15, 0.2) is 5.65 Å². The number of ether oxygens (including phenoxy) is 2. The topological polar surface area (TPSA) is 69.5 Å². The summed E-state index contributed by atoms with van der Waals surface area (Å²) in [5.74, 6) is 0.141. The molecular weight excluding hydrogens is 320 g/mol. The van der Waals surface area contributed by atoms with Crippen molar-refractivity contribution >= 4 is 22.7 Å². The maximum Gasteiger partial charge on any atom is 0.341 e. The van der Waals surface area contributed by atoms with Crippen LogP contribution in [0.25, 0.3) is 11.0 Å². The molecular formula is C18H26N4O3. The molecule has 0 saturated carbocycles. The van der Waals surface area contributed by atoms with Crippen LogP contribution in [0.3, 0.4) is 0 Å². The van der Waals surface area contributed by atoms with E-state index < -0.39 is 0 Å². The Kier molecular flexibility index (Phi) is 4.94. The highest BCUT2D eigenvalue weighted by molar-refractivity contribution is 6.05. The summed E-state index contributed by atoms with van der Waals surface area (Å²) in [5.41, 5.74) is 2.99. The molecule has 0 spiro atoms. The smallest absolute Gasteiger partial charge is 0.341 e. The molecule has 3 heterocycles. The minimum atomic E-state index is -0.345. The highest BCUT2D eigenvalue weighted by atomic mass is 16.5. The predicted molar refractivity (Wildman–Crippen MR) is 96.0 cm³/mol. The van der Waals surface area contributed by atoms with Crippen LogP contribution in [0, 0.1) is 12.8 Å². The van der Waals surface area contributed by atoms with E-state index >= 15 is 0 Å². The van der Waals surface area contributed by atoms with Crippen LogP contribution in [0.5, 0.6) is 0 Å².